The van der Waals surface area contributed by atoms with Crippen molar-refractivity contribution in [2.45, 2.75) is 51.2 Å². The quantitative estimate of drug-likeness (QED) is 0.909. The molecule has 1 saturated heterocycles. The molecule has 0 radical (unpaired) electrons. The van der Waals surface area contributed by atoms with Crippen molar-refractivity contribution in [3.8, 4) is 0 Å². The van der Waals surface area contributed by atoms with Gasteiger partial charge in [-0.2, -0.15) is 18.3 Å². The molecular weight excluding hydrogens is 331 g/mol. The van der Waals surface area contributed by atoms with Crippen LogP contribution in [0.25, 0.3) is 0 Å². The molecule has 4 nitrogen and oxygen atoms in total. The number of halogens is 3. The minimum Gasteiger partial charge on any atom is -0.392 e. The van der Waals surface area contributed by atoms with Crippen LogP contribution in [0.1, 0.15) is 49.2 Å². The van der Waals surface area contributed by atoms with Crippen LogP contribution in [-0.2, 0) is 12.7 Å². The minimum atomic E-state index is -4.37. The molecule has 0 saturated carbocycles. The fraction of sp³-hybridized carbons (Fsp3) is 0.500. The second-order valence-electron chi connectivity index (χ2n) is 6.84. The van der Waals surface area contributed by atoms with E-state index in [9.17, 15) is 18.3 Å². The molecule has 1 aliphatic heterocycles. The van der Waals surface area contributed by atoms with Gasteiger partial charge in [0.15, 0.2) is 0 Å². The van der Waals surface area contributed by atoms with Crippen LogP contribution in [0, 0.1) is 0 Å². The Morgan fingerprint density at radius 3 is 2.68 bits per heavy atom. The molecule has 136 valence electrons. The second-order valence-corrected chi connectivity index (χ2v) is 6.84. The number of nitrogens with zero attached hydrogens (tertiary/aromatic N) is 3. The number of aliphatic hydroxyl groups is 1. The van der Waals surface area contributed by atoms with E-state index in [1.54, 1.807) is 6.07 Å². The SMILES string of the molecule is CC(C)n1ccc(CN2C[C@@H](O)C[C@H]2c2cccc(C(F)(F)F)c2)n1. The van der Waals surface area contributed by atoms with Gasteiger partial charge in [0.25, 0.3) is 0 Å². The number of benzene rings is 1. The zero-order valence-electron chi connectivity index (χ0n) is 14.2. The third kappa shape index (κ3) is 4.04. The number of β-amino-alcohol motifs (C(OH)–C–C–N with tert-alkyl or cyclic N) is 1. The third-order valence-corrected chi connectivity index (χ3v) is 4.54. The normalized spacial score (nSPS) is 22.0. The van der Waals surface area contributed by atoms with Gasteiger partial charge in [-0.15, -0.1) is 0 Å². The molecule has 2 atom stereocenters. The smallest absolute Gasteiger partial charge is 0.392 e. The van der Waals surface area contributed by atoms with Crippen LogP contribution in [0.4, 0.5) is 13.2 Å². The Morgan fingerprint density at radius 2 is 2.04 bits per heavy atom. The molecule has 1 aromatic heterocycles. The molecule has 0 unspecified atom stereocenters. The van der Waals surface area contributed by atoms with Crippen molar-refractivity contribution >= 4 is 0 Å². The van der Waals surface area contributed by atoms with Crippen molar-refractivity contribution in [3.63, 3.8) is 0 Å². The van der Waals surface area contributed by atoms with Gasteiger partial charge in [-0.25, -0.2) is 0 Å². The van der Waals surface area contributed by atoms with E-state index in [0.717, 1.165) is 11.8 Å². The van der Waals surface area contributed by atoms with Gasteiger partial charge in [0, 0.05) is 31.4 Å². The number of alkyl halides is 3. The third-order valence-electron chi connectivity index (χ3n) is 4.54. The Kier molecular flexibility index (Phi) is 4.88. The van der Waals surface area contributed by atoms with Gasteiger partial charge in [-0.3, -0.25) is 9.58 Å². The number of aromatic nitrogens is 2. The Hall–Kier alpha value is -1.86. The Balaban J connectivity index is 1.82. The van der Waals surface area contributed by atoms with E-state index in [2.05, 4.69) is 5.10 Å². The average molecular weight is 353 g/mol. The van der Waals surface area contributed by atoms with Crippen molar-refractivity contribution in [3.05, 3.63) is 53.3 Å². The number of rotatable bonds is 4. The molecule has 1 N–H and O–H groups in total. The monoisotopic (exact) mass is 353 g/mol. The van der Waals surface area contributed by atoms with Crippen LogP contribution in [0.3, 0.4) is 0 Å². The number of hydrogen-bond donors (Lipinski definition) is 1. The van der Waals surface area contributed by atoms with Crippen LogP contribution in [-0.4, -0.2) is 32.4 Å². The highest BCUT2D eigenvalue weighted by Crippen LogP contribution is 2.36. The molecule has 0 bridgehead atoms. The van der Waals surface area contributed by atoms with Gasteiger partial charge in [0.2, 0.25) is 0 Å². The largest absolute Gasteiger partial charge is 0.416 e. The molecule has 2 aromatic rings. The summed E-state index contributed by atoms with van der Waals surface area (Å²) >= 11 is 0. The van der Waals surface area contributed by atoms with E-state index in [-0.39, 0.29) is 12.1 Å². The first kappa shape index (κ1) is 17.9. The fourth-order valence-corrected chi connectivity index (χ4v) is 3.28. The van der Waals surface area contributed by atoms with E-state index in [4.69, 9.17) is 0 Å². The molecule has 2 heterocycles. The van der Waals surface area contributed by atoms with Crippen molar-refractivity contribution in [1.29, 1.82) is 0 Å². The molecular formula is C18H22F3N3O. The van der Waals surface area contributed by atoms with E-state index >= 15 is 0 Å². The minimum absolute atomic E-state index is 0.247. The van der Waals surface area contributed by atoms with Gasteiger partial charge in [-0.1, -0.05) is 12.1 Å². The maximum atomic E-state index is 13.0. The molecule has 25 heavy (non-hydrogen) atoms. The molecule has 1 fully saturated rings. The van der Waals surface area contributed by atoms with Crippen LogP contribution < -0.4 is 0 Å². The van der Waals surface area contributed by atoms with E-state index in [1.807, 2.05) is 35.7 Å². The number of likely N-dealkylation sites (tertiary alicyclic amines) is 1. The van der Waals surface area contributed by atoms with Gasteiger partial charge in [0.1, 0.15) is 0 Å². The number of hydrogen-bond acceptors (Lipinski definition) is 3. The van der Waals surface area contributed by atoms with E-state index < -0.39 is 17.8 Å². The predicted octanol–water partition coefficient (Wildman–Crippen LogP) is 3.79. The van der Waals surface area contributed by atoms with Crippen LogP contribution >= 0.6 is 0 Å². The summed E-state index contributed by atoms with van der Waals surface area (Å²) in [6.07, 6.45) is -2.60. The van der Waals surface area contributed by atoms with Gasteiger partial charge < -0.3 is 5.11 Å². The fourth-order valence-electron chi connectivity index (χ4n) is 3.28. The van der Waals surface area contributed by atoms with Crippen molar-refractivity contribution < 1.29 is 18.3 Å². The standard InChI is InChI=1S/C18H22F3N3O/c1-12(2)24-7-6-15(22-24)10-23-11-16(25)9-17(23)13-4-3-5-14(8-13)18(19,20)21/h3-8,12,16-17,25H,9-11H2,1-2H3/t16-,17-/m0/s1. The molecule has 1 aromatic carbocycles. The zero-order valence-corrected chi connectivity index (χ0v) is 14.2. The maximum absolute atomic E-state index is 13.0. The number of aliphatic hydroxyl groups excluding tert-OH is 1. The zero-order chi connectivity index (χ0) is 18.2. The molecule has 1 aliphatic rings. The lowest BCUT2D eigenvalue weighted by Crippen LogP contribution is -2.25. The van der Waals surface area contributed by atoms with Gasteiger partial charge in [0.05, 0.1) is 17.4 Å². The van der Waals surface area contributed by atoms with Crippen molar-refractivity contribution in [2.24, 2.45) is 0 Å². The lowest BCUT2D eigenvalue weighted by molar-refractivity contribution is -0.137. The highest BCUT2D eigenvalue weighted by Gasteiger charge is 2.35. The highest BCUT2D eigenvalue weighted by molar-refractivity contribution is 5.29. The highest BCUT2D eigenvalue weighted by atomic mass is 19.4. The lowest BCUT2D eigenvalue weighted by atomic mass is 10.0. The Morgan fingerprint density at radius 1 is 1.28 bits per heavy atom. The first-order valence-electron chi connectivity index (χ1n) is 8.37. The van der Waals surface area contributed by atoms with E-state index in [0.29, 0.717) is 25.1 Å². The average Bonchev–Trinajstić information content (AvgIpc) is 3.14. The summed E-state index contributed by atoms with van der Waals surface area (Å²) in [5, 5.41) is 14.5. The summed E-state index contributed by atoms with van der Waals surface area (Å²) in [6, 6.07) is 7.28. The summed E-state index contributed by atoms with van der Waals surface area (Å²) in [4.78, 5) is 1.99. The molecule has 7 heteroatoms. The van der Waals surface area contributed by atoms with Gasteiger partial charge in [-0.05, 0) is 44.0 Å². The van der Waals surface area contributed by atoms with Crippen molar-refractivity contribution in [2.75, 3.05) is 6.54 Å². The van der Waals surface area contributed by atoms with Crippen LogP contribution in [0.2, 0.25) is 0 Å². The predicted molar refractivity (Wildman–Crippen MR) is 87.8 cm³/mol. The van der Waals surface area contributed by atoms with Crippen LogP contribution in [0.15, 0.2) is 36.5 Å². The topological polar surface area (TPSA) is 41.3 Å². The first-order chi connectivity index (χ1) is 11.7. The lowest BCUT2D eigenvalue weighted by Gasteiger charge is -2.24. The first-order valence-corrected chi connectivity index (χ1v) is 8.37. The summed E-state index contributed by atoms with van der Waals surface area (Å²) in [5.41, 5.74) is 0.768. The molecule has 0 aliphatic carbocycles. The Labute approximate surface area is 144 Å². The molecule has 3 rings (SSSR count). The summed E-state index contributed by atoms with van der Waals surface area (Å²) < 4.78 is 40.8. The maximum Gasteiger partial charge on any atom is 0.416 e. The molecule has 0 amide bonds. The van der Waals surface area contributed by atoms with E-state index in [1.165, 1.54) is 12.1 Å². The summed E-state index contributed by atoms with van der Waals surface area (Å²) in [5.74, 6) is 0. The Bertz CT molecular complexity index is 726. The summed E-state index contributed by atoms with van der Waals surface area (Å²) in [6.45, 7) is 4.98. The second kappa shape index (κ2) is 6.80. The molecule has 0 spiro atoms. The van der Waals surface area contributed by atoms with Crippen LogP contribution in [0.5, 0.6) is 0 Å². The summed E-state index contributed by atoms with van der Waals surface area (Å²) in [7, 11) is 0. The van der Waals surface area contributed by atoms with Crippen molar-refractivity contribution in [1.82, 2.24) is 14.7 Å². The van der Waals surface area contributed by atoms with Gasteiger partial charge >= 0.3 is 6.18 Å².